The summed E-state index contributed by atoms with van der Waals surface area (Å²) in [5.41, 5.74) is 0.920. The lowest BCUT2D eigenvalue weighted by Gasteiger charge is -2.09. The number of amides is 1. The topological polar surface area (TPSA) is 55.4 Å². The standard InChI is InChI=1S/C30H51NO3/c1-3-4-5-6-7-8-9-10-11-12-13-14-15-16-17-18-19-20-21-26-29(32)31-28-25-23-22-24-27(28)30(33)34-2/h22-25H,3-21,26H2,1-2H3,(H,31,32). The molecule has 194 valence electrons. The number of nitrogens with one attached hydrogen (secondary N) is 1. The molecule has 0 heterocycles. The van der Waals surface area contributed by atoms with Crippen LogP contribution in [0.15, 0.2) is 24.3 Å². The molecule has 1 aromatic rings. The molecule has 0 aliphatic carbocycles. The molecule has 0 bridgehead atoms. The molecule has 1 amide bonds. The lowest BCUT2D eigenvalue weighted by atomic mass is 10.0. The Bertz CT molecular complexity index is 644. The fourth-order valence-corrected chi connectivity index (χ4v) is 4.46. The van der Waals surface area contributed by atoms with Crippen molar-refractivity contribution in [3.63, 3.8) is 0 Å². The van der Waals surface area contributed by atoms with Gasteiger partial charge in [-0.1, -0.05) is 135 Å². The highest BCUT2D eigenvalue weighted by Gasteiger charge is 2.12. The third-order valence-electron chi connectivity index (χ3n) is 6.61. The zero-order valence-corrected chi connectivity index (χ0v) is 22.2. The van der Waals surface area contributed by atoms with Crippen molar-refractivity contribution >= 4 is 17.6 Å². The molecule has 0 unspecified atom stereocenters. The van der Waals surface area contributed by atoms with Crippen molar-refractivity contribution in [1.29, 1.82) is 0 Å². The first kappa shape index (κ1) is 30.2. The first-order valence-electron chi connectivity index (χ1n) is 14.2. The van der Waals surface area contributed by atoms with Gasteiger partial charge < -0.3 is 10.1 Å². The highest BCUT2D eigenvalue weighted by molar-refractivity contribution is 6.01. The summed E-state index contributed by atoms with van der Waals surface area (Å²) in [6.07, 6.45) is 26.0. The number of unbranched alkanes of at least 4 members (excludes halogenated alkanes) is 18. The number of benzene rings is 1. The van der Waals surface area contributed by atoms with E-state index in [4.69, 9.17) is 4.74 Å². The maximum absolute atomic E-state index is 12.2. The van der Waals surface area contributed by atoms with Crippen molar-refractivity contribution < 1.29 is 14.3 Å². The van der Waals surface area contributed by atoms with Crippen LogP contribution in [0.2, 0.25) is 0 Å². The van der Waals surface area contributed by atoms with Crippen molar-refractivity contribution in [3.05, 3.63) is 29.8 Å². The smallest absolute Gasteiger partial charge is 0.339 e. The second kappa shape index (κ2) is 21.7. The van der Waals surface area contributed by atoms with Crippen LogP contribution in [-0.4, -0.2) is 19.0 Å². The minimum atomic E-state index is -0.431. The van der Waals surface area contributed by atoms with Gasteiger partial charge in [-0.15, -0.1) is 0 Å². The van der Waals surface area contributed by atoms with Crippen LogP contribution in [-0.2, 0) is 9.53 Å². The van der Waals surface area contributed by atoms with E-state index in [1.807, 2.05) is 0 Å². The van der Waals surface area contributed by atoms with E-state index in [2.05, 4.69) is 12.2 Å². The summed E-state index contributed by atoms with van der Waals surface area (Å²) < 4.78 is 4.77. The highest BCUT2D eigenvalue weighted by Crippen LogP contribution is 2.18. The summed E-state index contributed by atoms with van der Waals surface area (Å²) in [5.74, 6) is -0.470. The molecule has 1 rings (SSSR count). The average Bonchev–Trinajstić information content (AvgIpc) is 2.85. The fourth-order valence-electron chi connectivity index (χ4n) is 4.46. The Labute approximate surface area is 209 Å². The molecule has 0 fully saturated rings. The van der Waals surface area contributed by atoms with Crippen LogP contribution in [0.1, 0.15) is 146 Å². The second-order valence-corrected chi connectivity index (χ2v) is 9.70. The summed E-state index contributed by atoms with van der Waals surface area (Å²) >= 11 is 0. The van der Waals surface area contributed by atoms with E-state index in [0.717, 1.165) is 12.8 Å². The van der Waals surface area contributed by atoms with Crippen molar-refractivity contribution in [2.75, 3.05) is 12.4 Å². The second-order valence-electron chi connectivity index (χ2n) is 9.70. The van der Waals surface area contributed by atoms with E-state index in [0.29, 0.717) is 17.7 Å². The molecule has 0 spiro atoms. The minimum absolute atomic E-state index is 0.0386. The number of carbonyl (C=O) groups excluding carboxylic acids is 2. The molecule has 4 nitrogen and oxygen atoms in total. The highest BCUT2D eigenvalue weighted by atomic mass is 16.5. The molecule has 0 saturated carbocycles. The lowest BCUT2D eigenvalue weighted by Crippen LogP contribution is -2.14. The van der Waals surface area contributed by atoms with Crippen LogP contribution in [0.5, 0.6) is 0 Å². The Morgan fingerprint density at radius 2 is 1.06 bits per heavy atom. The fraction of sp³-hybridized carbons (Fsp3) is 0.733. The van der Waals surface area contributed by atoms with Crippen LogP contribution in [0.4, 0.5) is 5.69 Å². The van der Waals surface area contributed by atoms with Gasteiger partial charge in [-0.05, 0) is 18.6 Å². The van der Waals surface area contributed by atoms with E-state index < -0.39 is 5.97 Å². The maximum Gasteiger partial charge on any atom is 0.339 e. The van der Waals surface area contributed by atoms with Crippen molar-refractivity contribution in [2.45, 2.75) is 135 Å². The molecular weight excluding hydrogens is 422 g/mol. The summed E-state index contributed by atoms with van der Waals surface area (Å²) in [6, 6.07) is 6.97. The van der Waals surface area contributed by atoms with Gasteiger partial charge in [0.15, 0.2) is 0 Å². The van der Waals surface area contributed by atoms with Crippen LogP contribution in [0, 0.1) is 0 Å². The Kier molecular flexibility index (Phi) is 19.2. The molecule has 0 aliphatic heterocycles. The molecule has 0 radical (unpaired) electrons. The van der Waals surface area contributed by atoms with Gasteiger partial charge in [0.2, 0.25) is 5.91 Å². The van der Waals surface area contributed by atoms with Crippen LogP contribution < -0.4 is 5.32 Å². The van der Waals surface area contributed by atoms with Gasteiger partial charge in [-0.25, -0.2) is 4.79 Å². The Hall–Kier alpha value is -1.84. The number of hydrogen-bond acceptors (Lipinski definition) is 3. The van der Waals surface area contributed by atoms with Crippen LogP contribution >= 0.6 is 0 Å². The van der Waals surface area contributed by atoms with Crippen molar-refractivity contribution in [1.82, 2.24) is 0 Å². The largest absolute Gasteiger partial charge is 0.465 e. The molecule has 0 saturated heterocycles. The van der Waals surface area contributed by atoms with Crippen molar-refractivity contribution in [3.8, 4) is 0 Å². The maximum atomic E-state index is 12.2. The normalized spacial score (nSPS) is 10.9. The van der Waals surface area contributed by atoms with Gasteiger partial charge in [0.25, 0.3) is 0 Å². The summed E-state index contributed by atoms with van der Waals surface area (Å²) in [5, 5.41) is 2.84. The third kappa shape index (κ3) is 15.9. The summed E-state index contributed by atoms with van der Waals surface area (Å²) in [4.78, 5) is 24.0. The van der Waals surface area contributed by atoms with E-state index in [1.54, 1.807) is 24.3 Å². The number of rotatable bonds is 22. The van der Waals surface area contributed by atoms with Gasteiger partial charge in [-0.3, -0.25) is 4.79 Å². The zero-order valence-electron chi connectivity index (χ0n) is 22.2. The summed E-state index contributed by atoms with van der Waals surface area (Å²) in [6.45, 7) is 2.28. The van der Waals surface area contributed by atoms with Crippen molar-refractivity contribution in [2.24, 2.45) is 0 Å². The number of methoxy groups -OCH3 is 1. The van der Waals surface area contributed by atoms with Gasteiger partial charge in [-0.2, -0.15) is 0 Å². The van der Waals surface area contributed by atoms with Crippen LogP contribution in [0.3, 0.4) is 0 Å². The van der Waals surface area contributed by atoms with Crippen LogP contribution in [0.25, 0.3) is 0 Å². The number of carbonyl (C=O) groups is 2. The Morgan fingerprint density at radius 3 is 1.50 bits per heavy atom. The number of anilines is 1. The predicted octanol–water partition coefficient (Wildman–Crippen LogP) is 9.23. The molecular formula is C30H51NO3. The molecule has 0 aliphatic rings. The predicted molar refractivity (Wildman–Crippen MR) is 144 cm³/mol. The first-order valence-corrected chi connectivity index (χ1v) is 14.2. The van der Waals surface area contributed by atoms with E-state index in [-0.39, 0.29) is 5.91 Å². The van der Waals surface area contributed by atoms with Gasteiger partial charge in [0, 0.05) is 6.42 Å². The summed E-state index contributed by atoms with van der Waals surface area (Å²) in [7, 11) is 1.35. The molecule has 34 heavy (non-hydrogen) atoms. The lowest BCUT2D eigenvalue weighted by molar-refractivity contribution is -0.116. The number of hydrogen-bond donors (Lipinski definition) is 1. The quantitative estimate of drug-likeness (QED) is 0.135. The van der Waals surface area contributed by atoms with E-state index in [9.17, 15) is 9.59 Å². The first-order chi connectivity index (χ1) is 16.7. The molecule has 0 aromatic heterocycles. The Morgan fingerprint density at radius 1 is 0.647 bits per heavy atom. The van der Waals surface area contributed by atoms with E-state index >= 15 is 0 Å². The molecule has 0 atom stereocenters. The minimum Gasteiger partial charge on any atom is -0.465 e. The van der Waals surface area contributed by atoms with Gasteiger partial charge in [0.1, 0.15) is 0 Å². The number of ether oxygens (including phenoxy) is 1. The molecule has 4 heteroatoms. The number of esters is 1. The van der Waals surface area contributed by atoms with Gasteiger partial charge >= 0.3 is 5.97 Å². The Balaban J connectivity index is 1.87. The van der Waals surface area contributed by atoms with E-state index in [1.165, 1.54) is 116 Å². The monoisotopic (exact) mass is 473 g/mol. The van der Waals surface area contributed by atoms with Gasteiger partial charge in [0.05, 0.1) is 18.4 Å². The molecule has 1 aromatic carbocycles. The molecule has 1 N–H and O–H groups in total. The SMILES string of the molecule is CCCCCCCCCCCCCCCCCCCCCC(=O)Nc1ccccc1C(=O)OC. The number of para-hydroxylation sites is 1. The average molecular weight is 474 g/mol. The third-order valence-corrected chi connectivity index (χ3v) is 6.61. The zero-order chi connectivity index (χ0) is 24.7.